The van der Waals surface area contributed by atoms with Gasteiger partial charge in [0.25, 0.3) is 0 Å². The summed E-state index contributed by atoms with van der Waals surface area (Å²) >= 11 is 0. The maximum atomic E-state index is 11.2. The fraction of sp³-hybridized carbons (Fsp3) is 0.222. The number of aliphatic hydroxyl groups is 1. The first-order chi connectivity index (χ1) is 11.6. The largest absolute Gasteiger partial charge is 0.491 e. The molecule has 1 atom stereocenters. The van der Waals surface area contributed by atoms with Crippen LogP contribution in [0.2, 0.25) is 0 Å². The van der Waals surface area contributed by atoms with Gasteiger partial charge in [-0.3, -0.25) is 9.48 Å². The molecule has 3 aromatic rings. The Hall–Kier alpha value is -2.86. The van der Waals surface area contributed by atoms with Gasteiger partial charge in [0.1, 0.15) is 18.5 Å². The maximum Gasteiger partial charge on any atom is 0.159 e. The average molecular weight is 325 g/mol. The van der Waals surface area contributed by atoms with Gasteiger partial charge < -0.3 is 14.4 Å². The van der Waals surface area contributed by atoms with Crippen molar-refractivity contribution in [2.45, 2.75) is 19.6 Å². The minimum absolute atomic E-state index is 0.0127. The topological polar surface area (TPSA) is 69.3 Å². The molecular weight excluding hydrogens is 306 g/mol. The van der Waals surface area contributed by atoms with E-state index in [-0.39, 0.29) is 12.4 Å². The van der Waals surface area contributed by atoms with E-state index in [4.69, 9.17) is 4.74 Å². The van der Waals surface area contributed by atoms with Gasteiger partial charge in [0.05, 0.1) is 18.4 Å². The Morgan fingerprint density at radius 3 is 2.62 bits per heavy atom. The molecule has 6 nitrogen and oxygen atoms in total. The minimum atomic E-state index is -0.685. The predicted octanol–water partition coefficient (Wildman–Crippen LogP) is 2.32. The standard InChI is InChI=1S/C18H19N3O3/c1-14(22)15-4-6-18(7-5-15)24-13-17(23)12-21-11-16(10-19-21)20-8-2-3-9-20/h2-11,17,23H,12-13H2,1H3. The summed E-state index contributed by atoms with van der Waals surface area (Å²) < 4.78 is 9.18. The van der Waals surface area contributed by atoms with Crippen LogP contribution < -0.4 is 4.74 Å². The summed E-state index contributed by atoms with van der Waals surface area (Å²) in [6, 6.07) is 10.7. The number of hydrogen-bond acceptors (Lipinski definition) is 4. The van der Waals surface area contributed by atoms with Crippen LogP contribution in [-0.4, -0.2) is 37.9 Å². The molecule has 2 aromatic heterocycles. The molecule has 3 rings (SSSR count). The van der Waals surface area contributed by atoms with Crippen molar-refractivity contribution in [3.63, 3.8) is 0 Å². The second kappa shape index (κ2) is 7.14. The van der Waals surface area contributed by atoms with Crippen LogP contribution >= 0.6 is 0 Å². The molecule has 0 radical (unpaired) electrons. The summed E-state index contributed by atoms with van der Waals surface area (Å²) in [7, 11) is 0. The lowest BCUT2D eigenvalue weighted by Crippen LogP contribution is -2.23. The quantitative estimate of drug-likeness (QED) is 0.677. The first-order valence-electron chi connectivity index (χ1n) is 7.69. The van der Waals surface area contributed by atoms with Crippen molar-refractivity contribution in [2.75, 3.05) is 6.61 Å². The van der Waals surface area contributed by atoms with E-state index in [0.29, 0.717) is 17.9 Å². The Morgan fingerprint density at radius 2 is 1.96 bits per heavy atom. The highest BCUT2D eigenvalue weighted by Crippen LogP contribution is 2.13. The van der Waals surface area contributed by atoms with Crippen molar-refractivity contribution in [2.24, 2.45) is 0 Å². The number of carbonyl (C=O) groups excluding carboxylic acids is 1. The summed E-state index contributed by atoms with van der Waals surface area (Å²) in [6.45, 7) is 2.01. The highest BCUT2D eigenvalue weighted by molar-refractivity contribution is 5.94. The molecule has 0 saturated carbocycles. The van der Waals surface area contributed by atoms with Crippen molar-refractivity contribution in [3.8, 4) is 11.4 Å². The number of ether oxygens (including phenoxy) is 1. The number of nitrogens with zero attached hydrogens (tertiary/aromatic N) is 3. The van der Waals surface area contributed by atoms with E-state index >= 15 is 0 Å². The first-order valence-corrected chi connectivity index (χ1v) is 7.69. The van der Waals surface area contributed by atoms with E-state index < -0.39 is 6.10 Å². The normalized spacial score (nSPS) is 12.1. The van der Waals surface area contributed by atoms with Gasteiger partial charge in [-0.15, -0.1) is 0 Å². The Labute approximate surface area is 139 Å². The van der Waals surface area contributed by atoms with Gasteiger partial charge in [-0.25, -0.2) is 0 Å². The van der Waals surface area contributed by atoms with Gasteiger partial charge in [-0.05, 0) is 43.3 Å². The molecule has 1 N–H and O–H groups in total. The maximum absolute atomic E-state index is 11.2. The van der Waals surface area contributed by atoms with Crippen LogP contribution in [-0.2, 0) is 6.54 Å². The van der Waals surface area contributed by atoms with Gasteiger partial charge in [0, 0.05) is 24.2 Å². The molecule has 0 aliphatic heterocycles. The third-order valence-corrected chi connectivity index (χ3v) is 3.62. The molecule has 0 aliphatic rings. The number of carbonyl (C=O) groups is 1. The minimum Gasteiger partial charge on any atom is -0.491 e. The SMILES string of the molecule is CC(=O)c1ccc(OCC(O)Cn2cc(-n3cccc3)cn2)cc1. The third-order valence-electron chi connectivity index (χ3n) is 3.62. The monoisotopic (exact) mass is 325 g/mol. The number of rotatable bonds is 7. The van der Waals surface area contributed by atoms with Crippen LogP contribution in [0.3, 0.4) is 0 Å². The van der Waals surface area contributed by atoms with Gasteiger partial charge in [-0.2, -0.15) is 5.10 Å². The smallest absolute Gasteiger partial charge is 0.159 e. The van der Waals surface area contributed by atoms with Crippen molar-refractivity contribution < 1.29 is 14.6 Å². The van der Waals surface area contributed by atoms with E-state index in [0.717, 1.165) is 5.69 Å². The molecule has 0 spiro atoms. The lowest BCUT2D eigenvalue weighted by atomic mass is 10.1. The van der Waals surface area contributed by atoms with Crippen LogP contribution in [0, 0.1) is 0 Å². The van der Waals surface area contributed by atoms with Crippen LogP contribution in [0.5, 0.6) is 5.75 Å². The van der Waals surface area contributed by atoms with E-state index in [1.165, 1.54) is 6.92 Å². The van der Waals surface area contributed by atoms with E-state index in [1.54, 1.807) is 35.1 Å². The zero-order valence-corrected chi connectivity index (χ0v) is 13.4. The number of aliphatic hydroxyl groups excluding tert-OH is 1. The number of hydrogen-bond donors (Lipinski definition) is 1. The van der Waals surface area contributed by atoms with Crippen LogP contribution in [0.1, 0.15) is 17.3 Å². The van der Waals surface area contributed by atoms with Gasteiger partial charge in [0.2, 0.25) is 0 Å². The van der Waals surface area contributed by atoms with Crippen molar-refractivity contribution in [3.05, 3.63) is 66.7 Å². The average Bonchev–Trinajstić information content (AvgIpc) is 3.24. The Morgan fingerprint density at radius 1 is 1.25 bits per heavy atom. The highest BCUT2D eigenvalue weighted by atomic mass is 16.5. The summed E-state index contributed by atoms with van der Waals surface area (Å²) in [5, 5.41) is 14.3. The molecule has 1 aromatic carbocycles. The Balaban J connectivity index is 1.52. The molecule has 0 fully saturated rings. The number of ketones is 1. The molecule has 1 unspecified atom stereocenters. The molecule has 0 aliphatic carbocycles. The number of aromatic nitrogens is 3. The Bertz CT molecular complexity index is 791. The second-order valence-corrected chi connectivity index (χ2v) is 5.56. The highest BCUT2D eigenvalue weighted by Gasteiger charge is 2.09. The Kier molecular flexibility index (Phi) is 4.77. The fourth-order valence-electron chi connectivity index (χ4n) is 2.34. The zero-order valence-electron chi connectivity index (χ0n) is 13.4. The lowest BCUT2D eigenvalue weighted by molar-refractivity contribution is 0.0892. The zero-order chi connectivity index (χ0) is 16.9. The summed E-state index contributed by atoms with van der Waals surface area (Å²) in [4.78, 5) is 11.2. The molecule has 2 heterocycles. The molecule has 0 amide bonds. The fourth-order valence-corrected chi connectivity index (χ4v) is 2.34. The van der Waals surface area contributed by atoms with Crippen LogP contribution in [0.25, 0.3) is 5.69 Å². The van der Waals surface area contributed by atoms with Crippen molar-refractivity contribution >= 4 is 5.78 Å². The molecular formula is C18H19N3O3. The second-order valence-electron chi connectivity index (χ2n) is 5.56. The van der Waals surface area contributed by atoms with Crippen LogP contribution in [0.15, 0.2) is 61.2 Å². The summed E-state index contributed by atoms with van der Waals surface area (Å²) in [5.74, 6) is 0.631. The molecule has 0 bridgehead atoms. The molecule has 6 heteroatoms. The van der Waals surface area contributed by atoms with Gasteiger partial charge in [-0.1, -0.05) is 0 Å². The summed E-state index contributed by atoms with van der Waals surface area (Å²) in [5.41, 5.74) is 1.57. The van der Waals surface area contributed by atoms with Crippen molar-refractivity contribution in [1.29, 1.82) is 0 Å². The van der Waals surface area contributed by atoms with Gasteiger partial charge in [0.15, 0.2) is 5.78 Å². The van der Waals surface area contributed by atoms with E-state index in [2.05, 4.69) is 5.10 Å². The first kappa shape index (κ1) is 16.0. The predicted molar refractivity (Wildman–Crippen MR) is 89.5 cm³/mol. The summed E-state index contributed by atoms with van der Waals surface area (Å²) in [6.07, 6.45) is 6.80. The molecule has 24 heavy (non-hydrogen) atoms. The van der Waals surface area contributed by atoms with E-state index in [1.807, 2.05) is 35.3 Å². The van der Waals surface area contributed by atoms with Gasteiger partial charge >= 0.3 is 0 Å². The number of benzene rings is 1. The third kappa shape index (κ3) is 3.91. The number of Topliss-reactive ketones (excluding diaryl/α,β-unsaturated/α-hetero) is 1. The molecule has 0 saturated heterocycles. The van der Waals surface area contributed by atoms with Crippen LogP contribution in [0.4, 0.5) is 0 Å². The van der Waals surface area contributed by atoms with E-state index in [9.17, 15) is 9.90 Å². The molecule has 124 valence electrons. The lowest BCUT2D eigenvalue weighted by Gasteiger charge is -2.12. The van der Waals surface area contributed by atoms with Crippen molar-refractivity contribution in [1.82, 2.24) is 14.3 Å².